The first kappa shape index (κ1) is 10.5. The maximum atomic E-state index is 11.5. The van der Waals surface area contributed by atoms with Crippen LogP contribution in [0.4, 0.5) is 0 Å². The summed E-state index contributed by atoms with van der Waals surface area (Å²) < 4.78 is 0. The molecule has 0 fully saturated rings. The van der Waals surface area contributed by atoms with Gasteiger partial charge in [-0.3, -0.25) is 4.79 Å². The van der Waals surface area contributed by atoms with Crippen LogP contribution in [0.5, 0.6) is 11.5 Å². The number of carbonyl (C=O) groups is 1. The van der Waals surface area contributed by atoms with Crippen molar-refractivity contribution in [3.8, 4) is 11.5 Å². The van der Waals surface area contributed by atoms with E-state index in [1.807, 2.05) is 12.2 Å². The van der Waals surface area contributed by atoms with Crippen LogP contribution in [-0.2, 0) is 11.2 Å². The van der Waals surface area contributed by atoms with Crippen molar-refractivity contribution in [2.75, 3.05) is 0 Å². The molecule has 0 radical (unpaired) electrons. The average Bonchev–Trinajstić information content (AvgIpc) is 2.25. The first-order chi connectivity index (χ1) is 7.66. The molecule has 0 heterocycles. The maximum Gasteiger partial charge on any atom is 0.162 e. The van der Waals surface area contributed by atoms with Gasteiger partial charge in [-0.2, -0.15) is 0 Å². The first-order valence-corrected chi connectivity index (χ1v) is 5.06. The second kappa shape index (κ2) is 4.23. The fourth-order valence-corrected chi connectivity index (χ4v) is 1.70. The summed E-state index contributed by atoms with van der Waals surface area (Å²) in [5.41, 5.74) is 0.663. The Kier molecular flexibility index (Phi) is 2.77. The second-order valence-corrected chi connectivity index (χ2v) is 3.77. The lowest BCUT2D eigenvalue weighted by atomic mass is 9.92. The van der Waals surface area contributed by atoms with Gasteiger partial charge in [0.25, 0.3) is 0 Å². The lowest BCUT2D eigenvalue weighted by Gasteiger charge is -2.12. The monoisotopic (exact) mass is 216 g/mol. The Bertz CT molecular complexity index is 472. The fraction of sp³-hybridized carbons (Fsp3) is 0.154. The summed E-state index contributed by atoms with van der Waals surface area (Å²) in [4.78, 5) is 11.5. The number of hydrogen-bond donors (Lipinski definition) is 2. The minimum atomic E-state index is -0.222. The predicted octanol–water partition coefficient (Wildman–Crippen LogP) is 1.95. The zero-order chi connectivity index (χ0) is 11.5. The zero-order valence-electron chi connectivity index (χ0n) is 8.63. The molecule has 1 atom stereocenters. The molecule has 1 aliphatic rings. The van der Waals surface area contributed by atoms with E-state index in [1.54, 1.807) is 12.1 Å². The van der Waals surface area contributed by atoms with Crippen LogP contribution in [0.15, 0.2) is 42.5 Å². The van der Waals surface area contributed by atoms with E-state index >= 15 is 0 Å². The molecular formula is C13H12O3. The quantitative estimate of drug-likeness (QED) is 0.794. The van der Waals surface area contributed by atoms with Crippen molar-refractivity contribution in [2.24, 2.45) is 5.92 Å². The Morgan fingerprint density at radius 1 is 1.19 bits per heavy atom. The summed E-state index contributed by atoms with van der Waals surface area (Å²) in [6.45, 7) is 0. The van der Waals surface area contributed by atoms with Crippen LogP contribution in [0.2, 0.25) is 0 Å². The van der Waals surface area contributed by atoms with E-state index in [2.05, 4.69) is 0 Å². The van der Waals surface area contributed by atoms with Gasteiger partial charge < -0.3 is 10.2 Å². The predicted molar refractivity (Wildman–Crippen MR) is 60.3 cm³/mol. The first-order valence-electron chi connectivity index (χ1n) is 5.06. The van der Waals surface area contributed by atoms with E-state index in [1.165, 1.54) is 18.2 Å². The van der Waals surface area contributed by atoms with Gasteiger partial charge in [0.15, 0.2) is 5.78 Å². The molecule has 0 aliphatic heterocycles. The van der Waals surface area contributed by atoms with Gasteiger partial charge in [0.2, 0.25) is 0 Å². The summed E-state index contributed by atoms with van der Waals surface area (Å²) in [6.07, 6.45) is 7.32. The number of rotatable bonds is 2. The number of allylic oxidation sites excluding steroid dienone is 4. The molecule has 0 spiro atoms. The van der Waals surface area contributed by atoms with E-state index in [-0.39, 0.29) is 23.2 Å². The van der Waals surface area contributed by atoms with Crippen molar-refractivity contribution >= 4 is 5.78 Å². The summed E-state index contributed by atoms with van der Waals surface area (Å²) in [6, 6.07) is 4.41. The molecule has 3 nitrogen and oxygen atoms in total. The molecular weight excluding hydrogens is 204 g/mol. The summed E-state index contributed by atoms with van der Waals surface area (Å²) in [5.74, 6) is -0.141. The minimum Gasteiger partial charge on any atom is -0.508 e. The number of benzene rings is 1. The third-order valence-corrected chi connectivity index (χ3v) is 2.59. The third-order valence-electron chi connectivity index (χ3n) is 2.59. The molecule has 2 N–H and O–H groups in total. The molecule has 0 saturated carbocycles. The Morgan fingerprint density at radius 2 is 2.00 bits per heavy atom. The van der Waals surface area contributed by atoms with Crippen LogP contribution < -0.4 is 0 Å². The van der Waals surface area contributed by atoms with E-state index in [0.717, 1.165) is 0 Å². The topological polar surface area (TPSA) is 57.5 Å². The van der Waals surface area contributed by atoms with Crippen molar-refractivity contribution in [1.29, 1.82) is 0 Å². The van der Waals surface area contributed by atoms with Crippen molar-refractivity contribution in [3.05, 3.63) is 48.1 Å². The lowest BCUT2D eigenvalue weighted by Crippen LogP contribution is -2.14. The van der Waals surface area contributed by atoms with Gasteiger partial charge in [-0.25, -0.2) is 0 Å². The second-order valence-electron chi connectivity index (χ2n) is 3.77. The number of carbonyl (C=O) groups excluding carboxylic acids is 1. The highest BCUT2D eigenvalue weighted by Crippen LogP contribution is 2.26. The zero-order valence-corrected chi connectivity index (χ0v) is 8.63. The highest BCUT2D eigenvalue weighted by Gasteiger charge is 2.17. The van der Waals surface area contributed by atoms with Crippen molar-refractivity contribution in [1.82, 2.24) is 0 Å². The number of phenols is 2. The molecule has 3 heteroatoms. The number of phenolic OH excluding ortho intramolecular Hbond substituents is 2. The van der Waals surface area contributed by atoms with Gasteiger partial charge in [-0.15, -0.1) is 0 Å². The lowest BCUT2D eigenvalue weighted by molar-refractivity contribution is -0.117. The molecule has 0 saturated heterocycles. The van der Waals surface area contributed by atoms with Crippen LogP contribution in [0.25, 0.3) is 0 Å². The van der Waals surface area contributed by atoms with E-state index in [0.29, 0.717) is 12.0 Å². The van der Waals surface area contributed by atoms with E-state index < -0.39 is 0 Å². The van der Waals surface area contributed by atoms with Gasteiger partial charge in [0, 0.05) is 12.0 Å². The van der Waals surface area contributed by atoms with Gasteiger partial charge in [0.1, 0.15) is 11.5 Å². The van der Waals surface area contributed by atoms with Crippen LogP contribution in [0, 0.1) is 5.92 Å². The van der Waals surface area contributed by atoms with Gasteiger partial charge in [0.05, 0.1) is 0 Å². The number of aromatic hydroxyl groups is 2. The number of hydrogen-bond acceptors (Lipinski definition) is 3. The van der Waals surface area contributed by atoms with Crippen LogP contribution >= 0.6 is 0 Å². The molecule has 1 aromatic rings. The molecule has 16 heavy (non-hydrogen) atoms. The van der Waals surface area contributed by atoms with Gasteiger partial charge in [-0.05, 0) is 24.1 Å². The molecule has 0 amide bonds. The maximum absolute atomic E-state index is 11.5. The molecule has 1 aromatic carbocycles. The molecule has 0 bridgehead atoms. The Hall–Kier alpha value is -2.03. The Labute approximate surface area is 93.4 Å². The summed E-state index contributed by atoms with van der Waals surface area (Å²) in [5, 5.41) is 18.7. The van der Waals surface area contributed by atoms with Crippen molar-refractivity contribution < 1.29 is 15.0 Å². The Morgan fingerprint density at radius 3 is 2.69 bits per heavy atom. The Balaban J connectivity index is 2.18. The highest BCUT2D eigenvalue weighted by molar-refractivity contribution is 5.94. The summed E-state index contributed by atoms with van der Waals surface area (Å²) >= 11 is 0. The van der Waals surface area contributed by atoms with Crippen LogP contribution in [0.3, 0.4) is 0 Å². The fourth-order valence-electron chi connectivity index (χ4n) is 1.70. The largest absolute Gasteiger partial charge is 0.508 e. The van der Waals surface area contributed by atoms with Gasteiger partial charge in [-0.1, -0.05) is 24.3 Å². The van der Waals surface area contributed by atoms with Crippen LogP contribution in [0.1, 0.15) is 5.56 Å². The molecule has 82 valence electrons. The molecule has 1 aliphatic carbocycles. The van der Waals surface area contributed by atoms with E-state index in [9.17, 15) is 9.90 Å². The van der Waals surface area contributed by atoms with Crippen LogP contribution in [-0.4, -0.2) is 16.0 Å². The normalized spacial score (nSPS) is 19.0. The molecule has 0 aromatic heterocycles. The smallest absolute Gasteiger partial charge is 0.162 e. The summed E-state index contributed by atoms with van der Waals surface area (Å²) in [7, 11) is 0. The van der Waals surface area contributed by atoms with Crippen molar-refractivity contribution in [2.45, 2.75) is 6.42 Å². The standard InChI is InChI=1S/C13H12O3/c14-11-6-5-10(13(16)8-11)7-9-3-1-2-4-12(9)15/h1-6,8-9,14,16H,7H2. The minimum absolute atomic E-state index is 0.0201. The number of ketones is 1. The highest BCUT2D eigenvalue weighted by atomic mass is 16.3. The van der Waals surface area contributed by atoms with E-state index in [4.69, 9.17) is 5.11 Å². The van der Waals surface area contributed by atoms with Gasteiger partial charge >= 0.3 is 0 Å². The SMILES string of the molecule is O=C1C=CC=CC1Cc1ccc(O)cc1O. The molecule has 2 rings (SSSR count). The third kappa shape index (κ3) is 2.14. The van der Waals surface area contributed by atoms with Crippen molar-refractivity contribution in [3.63, 3.8) is 0 Å². The average molecular weight is 216 g/mol. The molecule has 1 unspecified atom stereocenters.